The second kappa shape index (κ2) is 2.85. The van der Waals surface area contributed by atoms with Crippen LogP contribution in [0.3, 0.4) is 0 Å². The van der Waals surface area contributed by atoms with E-state index in [1.807, 2.05) is 6.07 Å². The molecule has 0 saturated heterocycles. The van der Waals surface area contributed by atoms with Gasteiger partial charge in [-0.05, 0) is 12.1 Å². The van der Waals surface area contributed by atoms with Gasteiger partial charge >= 0.3 is 0 Å². The van der Waals surface area contributed by atoms with Gasteiger partial charge in [-0.2, -0.15) is 0 Å². The molecule has 3 nitrogen and oxygen atoms in total. The zero-order valence-electron chi connectivity index (χ0n) is 6.99. The van der Waals surface area contributed by atoms with E-state index in [1.165, 1.54) is 0 Å². The van der Waals surface area contributed by atoms with E-state index in [0.29, 0.717) is 10.7 Å². The summed E-state index contributed by atoms with van der Waals surface area (Å²) < 4.78 is 1.70. The van der Waals surface area contributed by atoms with Crippen LogP contribution in [-0.2, 0) is 7.05 Å². The van der Waals surface area contributed by atoms with Crippen LogP contribution in [0.15, 0.2) is 18.3 Å². The molecule has 0 aliphatic heterocycles. The largest absolute Gasteiger partial charge is 0.319 e. The maximum Gasteiger partial charge on any atom is 0.153 e. The van der Waals surface area contributed by atoms with Gasteiger partial charge in [-0.1, -0.05) is 11.6 Å². The number of aldehydes is 1. The molecular weight excluding hydrogens is 188 g/mol. The van der Waals surface area contributed by atoms with Gasteiger partial charge in [0, 0.05) is 18.6 Å². The highest BCUT2D eigenvalue weighted by atomic mass is 35.5. The molecule has 0 spiro atoms. The predicted octanol–water partition coefficient (Wildman–Crippen LogP) is 2.04. The van der Waals surface area contributed by atoms with Crippen LogP contribution in [-0.4, -0.2) is 15.8 Å². The SMILES string of the molecule is Cn1c(Cl)c(C=O)c2cccnc21. The normalized spacial score (nSPS) is 10.6. The fraction of sp³-hybridized carbons (Fsp3) is 0.111. The maximum atomic E-state index is 10.7. The number of carbonyl (C=O) groups is 1. The lowest BCUT2D eigenvalue weighted by Gasteiger charge is -1.93. The third-order valence-electron chi connectivity index (χ3n) is 2.03. The Bertz CT molecular complexity index is 476. The lowest BCUT2D eigenvalue weighted by molar-refractivity contribution is 0.112. The Morgan fingerprint density at radius 3 is 3.08 bits per heavy atom. The predicted molar refractivity (Wildman–Crippen MR) is 51.1 cm³/mol. The zero-order valence-corrected chi connectivity index (χ0v) is 7.75. The van der Waals surface area contributed by atoms with Gasteiger partial charge in [0.2, 0.25) is 0 Å². The number of rotatable bonds is 1. The molecule has 0 aromatic carbocycles. The average Bonchev–Trinajstić information content (AvgIpc) is 2.41. The molecule has 0 unspecified atom stereocenters. The minimum Gasteiger partial charge on any atom is -0.319 e. The summed E-state index contributed by atoms with van der Waals surface area (Å²) in [4.78, 5) is 14.9. The molecule has 0 saturated carbocycles. The summed E-state index contributed by atoms with van der Waals surface area (Å²) in [6, 6.07) is 3.61. The highest BCUT2D eigenvalue weighted by molar-refractivity contribution is 6.34. The molecular formula is C9H7ClN2O. The Morgan fingerprint density at radius 1 is 1.62 bits per heavy atom. The maximum absolute atomic E-state index is 10.7. The molecule has 0 atom stereocenters. The quantitative estimate of drug-likeness (QED) is 0.652. The standard InChI is InChI=1S/C9H7ClN2O/c1-12-8(10)7(5-13)6-3-2-4-11-9(6)12/h2-5H,1H3. The molecule has 0 bridgehead atoms. The van der Waals surface area contributed by atoms with E-state index in [9.17, 15) is 4.79 Å². The van der Waals surface area contributed by atoms with Gasteiger partial charge in [0.15, 0.2) is 6.29 Å². The summed E-state index contributed by atoms with van der Waals surface area (Å²) in [5.41, 5.74) is 1.24. The van der Waals surface area contributed by atoms with Crippen molar-refractivity contribution in [2.45, 2.75) is 0 Å². The zero-order chi connectivity index (χ0) is 9.42. The fourth-order valence-electron chi connectivity index (χ4n) is 1.37. The van der Waals surface area contributed by atoms with Crippen molar-refractivity contribution in [1.29, 1.82) is 0 Å². The first-order chi connectivity index (χ1) is 6.25. The molecule has 2 heterocycles. The molecule has 0 N–H and O–H groups in total. The van der Waals surface area contributed by atoms with Crippen molar-refractivity contribution in [3.63, 3.8) is 0 Å². The third-order valence-corrected chi connectivity index (χ3v) is 2.49. The van der Waals surface area contributed by atoms with Crippen molar-refractivity contribution in [3.05, 3.63) is 29.0 Å². The molecule has 2 aromatic rings. The number of aromatic nitrogens is 2. The van der Waals surface area contributed by atoms with Crippen molar-refractivity contribution >= 4 is 28.9 Å². The number of carbonyl (C=O) groups excluding carboxylic acids is 1. The second-order valence-corrected chi connectivity index (χ2v) is 3.11. The summed E-state index contributed by atoms with van der Waals surface area (Å²) in [7, 11) is 1.78. The lowest BCUT2D eigenvalue weighted by Crippen LogP contribution is -1.88. The van der Waals surface area contributed by atoms with Crippen LogP contribution in [0, 0.1) is 0 Å². The van der Waals surface area contributed by atoms with Gasteiger partial charge in [0.1, 0.15) is 10.8 Å². The van der Waals surface area contributed by atoms with Crippen molar-refractivity contribution in [3.8, 4) is 0 Å². The molecule has 0 amide bonds. The summed E-state index contributed by atoms with van der Waals surface area (Å²) in [6.45, 7) is 0. The van der Waals surface area contributed by atoms with Crippen molar-refractivity contribution in [1.82, 2.24) is 9.55 Å². The molecule has 13 heavy (non-hydrogen) atoms. The van der Waals surface area contributed by atoms with Gasteiger partial charge in [0.25, 0.3) is 0 Å². The van der Waals surface area contributed by atoms with Crippen LogP contribution in [0.5, 0.6) is 0 Å². The number of hydrogen-bond donors (Lipinski definition) is 0. The number of nitrogens with zero attached hydrogens (tertiary/aromatic N) is 2. The summed E-state index contributed by atoms with van der Waals surface area (Å²) in [5.74, 6) is 0. The topological polar surface area (TPSA) is 34.9 Å². The number of fused-ring (bicyclic) bond motifs is 1. The van der Waals surface area contributed by atoms with Crippen LogP contribution in [0.1, 0.15) is 10.4 Å². The van der Waals surface area contributed by atoms with Gasteiger partial charge in [-0.15, -0.1) is 0 Å². The van der Waals surface area contributed by atoms with Crippen LogP contribution in [0.4, 0.5) is 0 Å². The Labute approximate surface area is 79.9 Å². The van der Waals surface area contributed by atoms with Crippen molar-refractivity contribution < 1.29 is 4.79 Å². The van der Waals surface area contributed by atoms with Gasteiger partial charge in [-0.25, -0.2) is 4.98 Å². The molecule has 66 valence electrons. The molecule has 2 aromatic heterocycles. The molecule has 4 heteroatoms. The van der Waals surface area contributed by atoms with Gasteiger partial charge in [0.05, 0.1) is 5.56 Å². The van der Waals surface area contributed by atoms with Crippen LogP contribution < -0.4 is 0 Å². The second-order valence-electron chi connectivity index (χ2n) is 2.76. The smallest absolute Gasteiger partial charge is 0.153 e. The lowest BCUT2D eigenvalue weighted by atomic mass is 10.2. The highest BCUT2D eigenvalue weighted by Gasteiger charge is 2.12. The molecule has 2 rings (SSSR count). The van der Waals surface area contributed by atoms with Gasteiger partial charge in [-0.3, -0.25) is 4.79 Å². The number of aryl methyl sites for hydroxylation is 1. The van der Waals surface area contributed by atoms with Crippen molar-refractivity contribution in [2.75, 3.05) is 0 Å². The summed E-state index contributed by atoms with van der Waals surface area (Å²) in [5, 5.41) is 1.23. The van der Waals surface area contributed by atoms with E-state index in [2.05, 4.69) is 4.98 Å². The monoisotopic (exact) mass is 194 g/mol. The average molecular weight is 195 g/mol. The third kappa shape index (κ3) is 1.04. The first-order valence-electron chi connectivity index (χ1n) is 3.79. The van der Waals surface area contributed by atoms with E-state index in [0.717, 1.165) is 17.3 Å². The Kier molecular flexibility index (Phi) is 1.81. The Morgan fingerprint density at radius 2 is 2.38 bits per heavy atom. The highest BCUT2D eigenvalue weighted by Crippen LogP contribution is 2.25. The van der Waals surface area contributed by atoms with E-state index >= 15 is 0 Å². The molecule has 0 radical (unpaired) electrons. The minimum absolute atomic E-state index is 0.434. The van der Waals surface area contributed by atoms with E-state index in [4.69, 9.17) is 11.6 Å². The van der Waals surface area contributed by atoms with E-state index in [1.54, 1.807) is 23.9 Å². The van der Waals surface area contributed by atoms with Crippen LogP contribution >= 0.6 is 11.6 Å². The molecule has 0 aliphatic rings. The van der Waals surface area contributed by atoms with Crippen molar-refractivity contribution in [2.24, 2.45) is 7.05 Å². The Balaban J connectivity index is 2.98. The molecule has 0 aliphatic carbocycles. The molecule has 0 fully saturated rings. The van der Waals surface area contributed by atoms with E-state index in [-0.39, 0.29) is 0 Å². The van der Waals surface area contributed by atoms with Crippen LogP contribution in [0.25, 0.3) is 11.0 Å². The Hall–Kier alpha value is -1.35. The summed E-state index contributed by atoms with van der Waals surface area (Å²) >= 11 is 5.93. The van der Waals surface area contributed by atoms with E-state index < -0.39 is 0 Å². The first kappa shape index (κ1) is 8.26. The number of halogens is 1. The fourth-order valence-corrected chi connectivity index (χ4v) is 1.60. The summed E-state index contributed by atoms with van der Waals surface area (Å²) in [6.07, 6.45) is 2.43. The minimum atomic E-state index is 0.434. The first-order valence-corrected chi connectivity index (χ1v) is 4.17. The number of hydrogen-bond acceptors (Lipinski definition) is 2. The van der Waals surface area contributed by atoms with Gasteiger partial charge < -0.3 is 4.57 Å². The van der Waals surface area contributed by atoms with Crippen LogP contribution in [0.2, 0.25) is 5.15 Å². The number of pyridine rings is 1.